The summed E-state index contributed by atoms with van der Waals surface area (Å²) in [6.07, 6.45) is 1.57. The highest BCUT2D eigenvalue weighted by molar-refractivity contribution is 6.31. The van der Waals surface area contributed by atoms with Gasteiger partial charge in [-0.05, 0) is 24.6 Å². The Hall–Kier alpha value is -2.87. The smallest absolute Gasteiger partial charge is 0.287 e. The number of H-pyrrole nitrogens is 1. The zero-order valence-corrected chi connectivity index (χ0v) is 13.1. The van der Waals surface area contributed by atoms with Gasteiger partial charge in [0, 0.05) is 23.3 Å². The van der Waals surface area contributed by atoms with Crippen LogP contribution in [0.25, 0.3) is 0 Å². The molecule has 2 amide bonds. The first-order valence-corrected chi connectivity index (χ1v) is 7.54. The summed E-state index contributed by atoms with van der Waals surface area (Å²) in [4.78, 5) is 38.7. The Labute approximate surface area is 141 Å². The van der Waals surface area contributed by atoms with Gasteiger partial charge in [0.25, 0.3) is 11.6 Å². The zero-order chi connectivity index (χ0) is 17.3. The SMILES string of the molecule is O=C(N[C@@H]1CCN(c2cccc(Cl)c2)C1=O)c1cc([N+](=O)[O-])c[nH]1. The highest BCUT2D eigenvalue weighted by Crippen LogP contribution is 2.24. The van der Waals surface area contributed by atoms with Crippen molar-refractivity contribution in [2.45, 2.75) is 12.5 Å². The lowest BCUT2D eigenvalue weighted by Crippen LogP contribution is -2.41. The molecular weight excluding hydrogens is 336 g/mol. The third kappa shape index (κ3) is 3.09. The van der Waals surface area contributed by atoms with Crippen LogP contribution >= 0.6 is 11.6 Å². The Morgan fingerprint density at radius 3 is 2.88 bits per heavy atom. The van der Waals surface area contributed by atoms with Crippen molar-refractivity contribution in [2.75, 3.05) is 11.4 Å². The van der Waals surface area contributed by atoms with Gasteiger partial charge < -0.3 is 15.2 Å². The summed E-state index contributed by atoms with van der Waals surface area (Å²) in [5, 5.41) is 13.8. The number of nitrogens with zero attached hydrogens (tertiary/aromatic N) is 2. The number of carbonyl (C=O) groups excluding carboxylic acids is 2. The van der Waals surface area contributed by atoms with Crippen molar-refractivity contribution in [3.63, 3.8) is 0 Å². The zero-order valence-electron chi connectivity index (χ0n) is 12.4. The van der Waals surface area contributed by atoms with Crippen LogP contribution in [0.5, 0.6) is 0 Å². The van der Waals surface area contributed by atoms with Crippen molar-refractivity contribution in [1.29, 1.82) is 0 Å². The number of anilines is 1. The lowest BCUT2D eigenvalue weighted by molar-refractivity contribution is -0.384. The number of rotatable bonds is 4. The Balaban J connectivity index is 1.69. The molecule has 0 unspecified atom stereocenters. The monoisotopic (exact) mass is 348 g/mol. The van der Waals surface area contributed by atoms with E-state index in [1.165, 1.54) is 0 Å². The second-order valence-electron chi connectivity index (χ2n) is 5.31. The van der Waals surface area contributed by atoms with E-state index in [9.17, 15) is 19.7 Å². The van der Waals surface area contributed by atoms with E-state index >= 15 is 0 Å². The van der Waals surface area contributed by atoms with E-state index in [0.29, 0.717) is 23.7 Å². The number of carbonyl (C=O) groups is 2. The van der Waals surface area contributed by atoms with Gasteiger partial charge in [0.05, 0.1) is 11.1 Å². The molecule has 2 N–H and O–H groups in total. The topological polar surface area (TPSA) is 108 Å². The number of benzene rings is 1. The van der Waals surface area contributed by atoms with Crippen LogP contribution in [0.15, 0.2) is 36.5 Å². The van der Waals surface area contributed by atoms with E-state index in [-0.39, 0.29) is 17.3 Å². The molecule has 0 aliphatic carbocycles. The average Bonchev–Trinajstić information content (AvgIpc) is 3.15. The van der Waals surface area contributed by atoms with Gasteiger partial charge in [-0.2, -0.15) is 0 Å². The lowest BCUT2D eigenvalue weighted by Gasteiger charge is -2.17. The number of amides is 2. The van der Waals surface area contributed by atoms with Gasteiger partial charge >= 0.3 is 0 Å². The van der Waals surface area contributed by atoms with Crippen molar-refractivity contribution in [3.8, 4) is 0 Å². The molecule has 3 rings (SSSR count). The standard InChI is InChI=1S/C15H13ClN4O4/c16-9-2-1-3-10(6-9)19-5-4-12(15(19)22)18-14(21)13-7-11(8-17-13)20(23)24/h1-3,6-8,12,17H,4-5H2,(H,18,21)/t12-/m1/s1. The molecule has 0 saturated carbocycles. The molecule has 1 aliphatic rings. The van der Waals surface area contributed by atoms with Gasteiger partial charge in [-0.1, -0.05) is 17.7 Å². The third-order valence-corrected chi connectivity index (χ3v) is 3.99. The fourth-order valence-electron chi connectivity index (χ4n) is 2.57. The molecular formula is C15H13ClN4O4. The van der Waals surface area contributed by atoms with Crippen LogP contribution in [-0.2, 0) is 4.79 Å². The first kappa shape index (κ1) is 16.0. The van der Waals surface area contributed by atoms with Gasteiger partial charge in [0.15, 0.2) is 0 Å². The molecule has 1 aromatic carbocycles. The van der Waals surface area contributed by atoms with Gasteiger partial charge in [0.1, 0.15) is 11.7 Å². The minimum atomic E-state index is -0.682. The molecule has 9 heteroatoms. The van der Waals surface area contributed by atoms with E-state index < -0.39 is 16.9 Å². The molecule has 0 radical (unpaired) electrons. The second-order valence-corrected chi connectivity index (χ2v) is 5.75. The van der Waals surface area contributed by atoms with Crippen LogP contribution in [0.4, 0.5) is 11.4 Å². The summed E-state index contributed by atoms with van der Waals surface area (Å²) in [5.74, 6) is -0.805. The molecule has 2 aromatic rings. The molecule has 24 heavy (non-hydrogen) atoms. The molecule has 1 aromatic heterocycles. The van der Waals surface area contributed by atoms with Crippen molar-refractivity contribution < 1.29 is 14.5 Å². The predicted molar refractivity (Wildman–Crippen MR) is 87.1 cm³/mol. The molecule has 124 valence electrons. The number of nitrogens with one attached hydrogen (secondary N) is 2. The third-order valence-electron chi connectivity index (χ3n) is 3.75. The highest BCUT2D eigenvalue weighted by Gasteiger charge is 2.34. The Morgan fingerprint density at radius 2 is 2.21 bits per heavy atom. The van der Waals surface area contributed by atoms with E-state index in [4.69, 9.17) is 11.6 Å². The number of aromatic nitrogens is 1. The lowest BCUT2D eigenvalue weighted by atomic mass is 10.2. The second kappa shape index (κ2) is 6.32. The summed E-state index contributed by atoms with van der Waals surface area (Å²) >= 11 is 5.93. The Kier molecular flexibility index (Phi) is 4.22. The molecule has 1 aliphatic heterocycles. The maximum Gasteiger partial charge on any atom is 0.287 e. The van der Waals surface area contributed by atoms with Crippen LogP contribution in [0.3, 0.4) is 0 Å². The fraction of sp³-hybridized carbons (Fsp3) is 0.200. The molecule has 1 saturated heterocycles. The molecule has 8 nitrogen and oxygen atoms in total. The largest absolute Gasteiger partial charge is 0.351 e. The molecule has 2 heterocycles. The van der Waals surface area contributed by atoms with Crippen molar-refractivity contribution in [3.05, 3.63) is 57.4 Å². The van der Waals surface area contributed by atoms with E-state index in [1.807, 2.05) is 0 Å². The first-order chi connectivity index (χ1) is 11.5. The van der Waals surface area contributed by atoms with Crippen LogP contribution in [0.2, 0.25) is 5.02 Å². The first-order valence-electron chi connectivity index (χ1n) is 7.16. The highest BCUT2D eigenvalue weighted by atomic mass is 35.5. The summed E-state index contributed by atoms with van der Waals surface area (Å²) in [6.45, 7) is 0.453. The quantitative estimate of drug-likeness (QED) is 0.651. The maximum absolute atomic E-state index is 12.4. The van der Waals surface area contributed by atoms with Crippen LogP contribution in [0, 0.1) is 10.1 Å². The number of hydrogen-bond donors (Lipinski definition) is 2. The predicted octanol–water partition coefficient (Wildman–Crippen LogP) is 2.11. The van der Waals surface area contributed by atoms with Gasteiger partial charge in [-0.3, -0.25) is 19.7 Å². The van der Waals surface area contributed by atoms with Crippen LogP contribution in [0.1, 0.15) is 16.9 Å². The fourth-order valence-corrected chi connectivity index (χ4v) is 2.75. The van der Waals surface area contributed by atoms with Crippen molar-refractivity contribution in [1.82, 2.24) is 10.3 Å². The van der Waals surface area contributed by atoms with Gasteiger partial charge in [0.2, 0.25) is 5.91 Å². The molecule has 0 spiro atoms. The maximum atomic E-state index is 12.4. The summed E-state index contributed by atoms with van der Waals surface area (Å²) in [7, 11) is 0. The molecule has 1 atom stereocenters. The van der Waals surface area contributed by atoms with Gasteiger partial charge in [-0.15, -0.1) is 0 Å². The normalized spacial score (nSPS) is 17.1. The Bertz CT molecular complexity index is 819. The summed E-state index contributed by atoms with van der Waals surface area (Å²) in [6, 6.07) is 7.35. The number of hydrogen-bond acceptors (Lipinski definition) is 4. The summed E-state index contributed by atoms with van der Waals surface area (Å²) < 4.78 is 0. The molecule has 0 bridgehead atoms. The van der Waals surface area contributed by atoms with E-state index in [2.05, 4.69) is 10.3 Å². The Morgan fingerprint density at radius 1 is 1.42 bits per heavy atom. The number of halogens is 1. The van der Waals surface area contributed by atoms with Crippen molar-refractivity contribution >= 4 is 34.8 Å². The summed E-state index contributed by atoms with van der Waals surface area (Å²) in [5.41, 5.74) is 0.494. The van der Waals surface area contributed by atoms with Gasteiger partial charge in [-0.25, -0.2) is 0 Å². The number of nitro groups is 1. The van der Waals surface area contributed by atoms with E-state index in [1.54, 1.807) is 29.2 Å². The minimum absolute atomic E-state index is 0.0377. The van der Waals surface area contributed by atoms with Crippen LogP contribution in [-0.4, -0.2) is 34.3 Å². The van der Waals surface area contributed by atoms with Crippen LogP contribution < -0.4 is 10.2 Å². The van der Waals surface area contributed by atoms with Crippen molar-refractivity contribution in [2.24, 2.45) is 0 Å². The average molecular weight is 349 g/mol. The minimum Gasteiger partial charge on any atom is -0.351 e. The number of aromatic amines is 1. The van der Waals surface area contributed by atoms with E-state index in [0.717, 1.165) is 12.3 Å². The molecule has 1 fully saturated rings.